The maximum atomic E-state index is 13.7. The van der Waals surface area contributed by atoms with Crippen LogP contribution in [0.3, 0.4) is 0 Å². The van der Waals surface area contributed by atoms with Gasteiger partial charge in [0.25, 0.3) is 0 Å². The van der Waals surface area contributed by atoms with E-state index in [1.165, 1.54) is 34.2 Å². The highest BCUT2D eigenvalue weighted by Gasteiger charge is 2.44. The number of benzene rings is 2. The van der Waals surface area contributed by atoms with Gasteiger partial charge >= 0.3 is 12.4 Å². The minimum Gasteiger partial charge on any atom is -0.330 e. The predicted octanol–water partition coefficient (Wildman–Crippen LogP) is 9.41. The van der Waals surface area contributed by atoms with Crippen molar-refractivity contribution in [1.29, 1.82) is 0 Å². The lowest BCUT2D eigenvalue weighted by molar-refractivity contribution is -0.170. The molecule has 48 heavy (non-hydrogen) atoms. The maximum Gasteiger partial charge on any atom is 0.416 e. The molecule has 5 rings (SSSR count). The summed E-state index contributed by atoms with van der Waals surface area (Å²) in [6.45, 7) is 0.510. The highest BCUT2D eigenvalue weighted by molar-refractivity contribution is 7.16. The van der Waals surface area contributed by atoms with Crippen LogP contribution in [0.15, 0.2) is 54.6 Å². The van der Waals surface area contributed by atoms with Gasteiger partial charge in [0.05, 0.1) is 37.6 Å². The van der Waals surface area contributed by atoms with Gasteiger partial charge in [-0.15, -0.1) is 11.3 Å². The zero-order valence-electron chi connectivity index (χ0n) is 25.4. The van der Waals surface area contributed by atoms with Gasteiger partial charge < -0.3 is 5.73 Å². The van der Waals surface area contributed by atoms with Gasteiger partial charge in [0.15, 0.2) is 5.78 Å². The Morgan fingerprint density at radius 2 is 1.73 bits per heavy atom. The van der Waals surface area contributed by atoms with Crippen molar-refractivity contribution in [1.82, 2.24) is 14.7 Å². The second-order valence-corrected chi connectivity index (χ2v) is 13.4. The second kappa shape index (κ2) is 15.0. The molecule has 0 aliphatic carbocycles. The molecule has 2 N–H and O–H groups in total. The van der Waals surface area contributed by atoms with Crippen LogP contribution < -0.4 is 5.73 Å². The number of nitrogens with zero attached hydrogens (tertiary/aromatic N) is 3. The third kappa shape index (κ3) is 8.62. The number of thiophene rings is 1. The summed E-state index contributed by atoms with van der Waals surface area (Å²) in [5.41, 5.74) is 6.72. The van der Waals surface area contributed by atoms with Crippen LogP contribution in [0.1, 0.15) is 64.2 Å². The lowest BCUT2D eigenvalue weighted by Gasteiger charge is -2.18. The number of hydrogen-bond acceptors (Lipinski definition) is 5. The third-order valence-corrected chi connectivity index (χ3v) is 9.54. The summed E-state index contributed by atoms with van der Waals surface area (Å²) in [5.74, 6) is 4.11. The van der Waals surface area contributed by atoms with E-state index in [0.29, 0.717) is 50.3 Å². The normalized spacial score (nSPS) is 15.5. The summed E-state index contributed by atoms with van der Waals surface area (Å²) in [6, 6.07) is 12.8. The summed E-state index contributed by atoms with van der Waals surface area (Å²) in [7, 11) is 0. The van der Waals surface area contributed by atoms with Crippen molar-refractivity contribution in [2.75, 3.05) is 19.6 Å². The lowest BCUT2D eigenvalue weighted by Crippen LogP contribution is -2.27. The van der Waals surface area contributed by atoms with Crippen LogP contribution in [0, 0.1) is 17.8 Å². The van der Waals surface area contributed by atoms with Gasteiger partial charge in [-0.1, -0.05) is 41.5 Å². The molecule has 1 saturated heterocycles. The molecule has 2 aromatic carbocycles. The quantitative estimate of drug-likeness (QED) is 0.0766. The molecule has 3 heterocycles. The van der Waals surface area contributed by atoms with E-state index in [-0.39, 0.29) is 49.0 Å². The highest BCUT2D eigenvalue weighted by atomic mass is 35.5. The SMILES string of the molecule is NCCCCCC(=O)c1nn(-c2ccc(Cl)cc2Cl)c(-c2ccc(C#Cc3ccc(C(F)(F)F)cc3)s2)c1CN1CCC(C(F)(F)F)C1. The largest absolute Gasteiger partial charge is 0.416 e. The van der Waals surface area contributed by atoms with Crippen LogP contribution >= 0.6 is 34.5 Å². The number of unbranched alkanes of at least 4 members (excludes halogenated alkanes) is 2. The molecule has 1 aliphatic heterocycles. The maximum absolute atomic E-state index is 13.7. The number of rotatable bonds is 10. The molecule has 4 aromatic rings. The summed E-state index contributed by atoms with van der Waals surface area (Å²) in [5, 5.41) is 5.35. The number of carbonyl (C=O) groups is 1. The highest BCUT2D eigenvalue weighted by Crippen LogP contribution is 2.40. The van der Waals surface area contributed by atoms with Gasteiger partial charge in [-0.25, -0.2) is 4.68 Å². The number of ketones is 1. The van der Waals surface area contributed by atoms with Crippen molar-refractivity contribution in [3.05, 3.63) is 91.9 Å². The average Bonchev–Trinajstić information content (AvgIpc) is 3.77. The van der Waals surface area contributed by atoms with Crippen molar-refractivity contribution in [3.63, 3.8) is 0 Å². The summed E-state index contributed by atoms with van der Waals surface area (Å²) >= 11 is 14.0. The fraction of sp³-hybridized carbons (Fsp3) is 0.353. The first-order chi connectivity index (χ1) is 22.7. The summed E-state index contributed by atoms with van der Waals surface area (Å²) in [6.07, 6.45) is -6.62. The monoisotopic (exact) mass is 726 g/mol. The molecule has 0 spiro atoms. The number of carbonyl (C=O) groups excluding carboxylic acids is 1. The zero-order chi connectivity index (χ0) is 34.6. The number of aromatic nitrogens is 2. The molecule has 0 radical (unpaired) electrons. The molecule has 2 aromatic heterocycles. The molecule has 1 aliphatic rings. The minimum absolute atomic E-state index is 0.0431. The molecule has 0 bridgehead atoms. The van der Waals surface area contributed by atoms with E-state index in [1.54, 1.807) is 29.2 Å². The zero-order valence-corrected chi connectivity index (χ0v) is 27.7. The summed E-state index contributed by atoms with van der Waals surface area (Å²) < 4.78 is 81.3. The Morgan fingerprint density at radius 1 is 0.979 bits per heavy atom. The van der Waals surface area contributed by atoms with E-state index in [0.717, 1.165) is 25.0 Å². The number of hydrogen-bond donors (Lipinski definition) is 1. The molecule has 1 unspecified atom stereocenters. The summed E-state index contributed by atoms with van der Waals surface area (Å²) in [4.78, 5) is 16.6. The molecule has 14 heteroatoms. The number of Topliss-reactive ketones (excluding diaryl/α,β-unsaturated/α-hetero) is 1. The smallest absolute Gasteiger partial charge is 0.330 e. The number of alkyl halides is 6. The van der Waals surface area contributed by atoms with E-state index in [1.807, 2.05) is 0 Å². The van der Waals surface area contributed by atoms with Gasteiger partial charge in [-0.05, 0) is 86.9 Å². The predicted molar refractivity (Wildman–Crippen MR) is 176 cm³/mol. The van der Waals surface area contributed by atoms with E-state index in [2.05, 4.69) is 11.8 Å². The Hall–Kier alpha value is -3.34. The van der Waals surface area contributed by atoms with Crippen LogP contribution in [-0.4, -0.2) is 46.3 Å². The fourth-order valence-electron chi connectivity index (χ4n) is 5.51. The third-order valence-electron chi connectivity index (χ3n) is 7.99. The van der Waals surface area contributed by atoms with Crippen molar-refractivity contribution >= 4 is 40.3 Å². The van der Waals surface area contributed by atoms with Crippen molar-refractivity contribution < 1.29 is 31.1 Å². The van der Waals surface area contributed by atoms with Crippen LogP contribution in [0.25, 0.3) is 16.3 Å². The second-order valence-electron chi connectivity index (χ2n) is 11.5. The Kier molecular flexibility index (Phi) is 11.3. The van der Waals surface area contributed by atoms with Crippen molar-refractivity contribution in [3.8, 4) is 28.1 Å². The number of likely N-dealkylation sites (tertiary alicyclic amines) is 1. The number of nitrogens with two attached hydrogens (primary N) is 1. The fourth-order valence-corrected chi connectivity index (χ4v) is 6.91. The van der Waals surface area contributed by atoms with E-state index < -0.39 is 23.8 Å². The molecule has 1 fully saturated rings. The van der Waals surface area contributed by atoms with Gasteiger partial charge in [-0.2, -0.15) is 31.4 Å². The molecule has 0 saturated carbocycles. The molecular formula is C34H30Cl2F6N4OS. The minimum atomic E-state index is -4.46. The lowest BCUT2D eigenvalue weighted by atomic mass is 10.0. The average molecular weight is 728 g/mol. The van der Waals surface area contributed by atoms with Gasteiger partial charge in [0.1, 0.15) is 5.69 Å². The van der Waals surface area contributed by atoms with Crippen LogP contribution in [-0.2, 0) is 12.7 Å². The van der Waals surface area contributed by atoms with E-state index in [4.69, 9.17) is 34.0 Å². The van der Waals surface area contributed by atoms with Crippen LogP contribution in [0.4, 0.5) is 26.3 Å². The van der Waals surface area contributed by atoms with Crippen LogP contribution in [0.5, 0.6) is 0 Å². The molecule has 254 valence electrons. The molecular weight excluding hydrogens is 697 g/mol. The van der Waals surface area contributed by atoms with Crippen molar-refractivity contribution in [2.45, 2.75) is 51.0 Å². The Labute approximate surface area is 287 Å². The molecule has 1 atom stereocenters. The standard InChI is InChI=1S/C34H30Cl2F6N4OS/c35-24-10-13-28(27(36)18-24)46-32(30-14-12-25(48-30)11-7-21-5-8-22(9-6-21)33(37,38)39)26(20-45-17-15-23(19-45)34(40,41)42)31(44-46)29(47)4-2-1-3-16-43/h5-6,8-10,12-14,18,23H,1-4,15-17,19-20,43H2. The topological polar surface area (TPSA) is 64.2 Å². The Bertz CT molecular complexity index is 1820. The Morgan fingerprint density at radius 3 is 2.38 bits per heavy atom. The number of halogens is 8. The van der Waals surface area contributed by atoms with E-state index in [9.17, 15) is 31.1 Å². The van der Waals surface area contributed by atoms with Crippen LogP contribution in [0.2, 0.25) is 10.0 Å². The first kappa shape index (κ1) is 36.0. The molecule has 5 nitrogen and oxygen atoms in total. The van der Waals surface area contributed by atoms with E-state index >= 15 is 0 Å². The first-order valence-corrected chi connectivity index (χ1v) is 16.7. The van der Waals surface area contributed by atoms with Crippen molar-refractivity contribution in [2.24, 2.45) is 11.7 Å². The van der Waals surface area contributed by atoms with Gasteiger partial charge in [-0.3, -0.25) is 9.69 Å². The van der Waals surface area contributed by atoms with Gasteiger partial charge in [0, 0.05) is 35.7 Å². The Balaban J connectivity index is 1.58. The first-order valence-electron chi connectivity index (χ1n) is 15.1. The molecule has 0 amide bonds. The van der Waals surface area contributed by atoms with Gasteiger partial charge in [0.2, 0.25) is 0 Å².